The average Bonchev–Trinajstić information content (AvgIpc) is 3.33. The second-order valence-electron chi connectivity index (χ2n) is 8.56. The lowest BCUT2D eigenvalue weighted by Crippen LogP contribution is -2.43. The molecule has 0 fully saturated rings. The van der Waals surface area contributed by atoms with Crippen LogP contribution in [0.2, 0.25) is 0 Å². The van der Waals surface area contributed by atoms with Crippen molar-refractivity contribution in [2.75, 3.05) is 18.4 Å². The van der Waals surface area contributed by atoms with Gasteiger partial charge in [0.25, 0.3) is 0 Å². The summed E-state index contributed by atoms with van der Waals surface area (Å²) in [6.45, 7) is 1.26. The Morgan fingerprint density at radius 2 is 1.97 bits per heavy atom. The van der Waals surface area contributed by atoms with Gasteiger partial charge < -0.3 is 15.4 Å². The van der Waals surface area contributed by atoms with Crippen LogP contribution in [0, 0.1) is 17.1 Å². The number of anilines is 1. The van der Waals surface area contributed by atoms with E-state index in [1.807, 2.05) is 43.6 Å². The zero-order chi connectivity index (χ0) is 24.2. The van der Waals surface area contributed by atoms with Crippen LogP contribution in [0.3, 0.4) is 0 Å². The van der Waals surface area contributed by atoms with Gasteiger partial charge >= 0.3 is 0 Å². The Kier molecular flexibility index (Phi) is 6.42. The van der Waals surface area contributed by atoms with Gasteiger partial charge in [-0.15, -0.1) is 0 Å². The molecule has 0 bridgehead atoms. The number of hydrogen-bond acceptors (Lipinski definition) is 6. The molecule has 0 saturated heterocycles. The summed E-state index contributed by atoms with van der Waals surface area (Å²) >= 11 is 0. The fourth-order valence-electron chi connectivity index (χ4n) is 4.23. The molecular weight excluding hydrogens is 443 g/mol. The monoisotopic (exact) mass is 468 g/mol. The standard InChI is InChI=1S/C27H25FN6O/c1-34-17-22(15-33-34)21-12-24-27(32-14-21)35-25(16-31-24)26(20-6-8-23(28)9-7-20)30-11-10-18-2-4-19(13-29)5-3-18/h2-9,12,14-15,17,25-26,30-31H,10-11,16H2,1H3/t25-,26+/m0/s1. The maximum absolute atomic E-state index is 13.6. The number of nitriles is 1. The summed E-state index contributed by atoms with van der Waals surface area (Å²) in [4.78, 5) is 4.55. The fourth-order valence-corrected chi connectivity index (χ4v) is 4.23. The molecule has 1 aliphatic rings. The van der Waals surface area contributed by atoms with Crippen LogP contribution in [-0.4, -0.2) is 34.0 Å². The molecule has 4 aromatic rings. The van der Waals surface area contributed by atoms with E-state index in [4.69, 9.17) is 10.00 Å². The van der Waals surface area contributed by atoms with Crippen molar-refractivity contribution in [3.63, 3.8) is 0 Å². The largest absolute Gasteiger partial charge is 0.469 e. The average molecular weight is 469 g/mol. The van der Waals surface area contributed by atoms with E-state index in [1.165, 1.54) is 12.1 Å². The third-order valence-electron chi connectivity index (χ3n) is 6.11. The predicted molar refractivity (Wildman–Crippen MR) is 131 cm³/mol. The number of pyridine rings is 1. The summed E-state index contributed by atoms with van der Waals surface area (Å²) < 4.78 is 21.7. The van der Waals surface area contributed by atoms with Gasteiger partial charge in [0, 0.05) is 30.6 Å². The number of aromatic nitrogens is 3. The zero-order valence-electron chi connectivity index (χ0n) is 19.3. The minimum absolute atomic E-state index is 0.172. The van der Waals surface area contributed by atoms with E-state index in [1.54, 1.807) is 29.2 Å². The summed E-state index contributed by atoms with van der Waals surface area (Å²) in [6.07, 6.45) is 6.07. The molecule has 2 aromatic carbocycles. The van der Waals surface area contributed by atoms with Crippen molar-refractivity contribution in [2.24, 2.45) is 7.05 Å². The number of halogens is 1. The molecule has 0 amide bonds. The molecule has 35 heavy (non-hydrogen) atoms. The summed E-state index contributed by atoms with van der Waals surface area (Å²) in [6, 6.07) is 18.1. The molecule has 3 heterocycles. The van der Waals surface area contributed by atoms with Crippen LogP contribution in [0.1, 0.15) is 22.7 Å². The smallest absolute Gasteiger partial charge is 0.237 e. The molecule has 1 aliphatic heterocycles. The first-order chi connectivity index (χ1) is 17.1. The summed E-state index contributed by atoms with van der Waals surface area (Å²) in [5.41, 5.74) is 5.49. The third kappa shape index (κ3) is 5.15. The number of fused-ring (bicyclic) bond motifs is 1. The zero-order valence-corrected chi connectivity index (χ0v) is 19.3. The van der Waals surface area contributed by atoms with E-state index in [0.29, 0.717) is 24.5 Å². The van der Waals surface area contributed by atoms with Crippen molar-refractivity contribution in [3.05, 3.63) is 95.7 Å². The van der Waals surface area contributed by atoms with Crippen LogP contribution in [0.25, 0.3) is 11.1 Å². The number of benzene rings is 2. The van der Waals surface area contributed by atoms with E-state index < -0.39 is 0 Å². The van der Waals surface area contributed by atoms with Crippen LogP contribution in [0.15, 0.2) is 73.2 Å². The highest BCUT2D eigenvalue weighted by Crippen LogP contribution is 2.34. The van der Waals surface area contributed by atoms with Crippen LogP contribution in [-0.2, 0) is 13.5 Å². The quantitative estimate of drug-likeness (QED) is 0.422. The number of aryl methyl sites for hydroxylation is 1. The molecule has 8 heteroatoms. The number of nitrogens with one attached hydrogen (secondary N) is 2. The second-order valence-corrected chi connectivity index (χ2v) is 8.56. The van der Waals surface area contributed by atoms with Crippen molar-refractivity contribution in [1.82, 2.24) is 20.1 Å². The number of rotatable bonds is 7. The maximum Gasteiger partial charge on any atom is 0.237 e. The summed E-state index contributed by atoms with van der Waals surface area (Å²) in [5, 5.41) is 20.3. The molecule has 2 atom stereocenters. The fraction of sp³-hybridized carbons (Fsp3) is 0.222. The van der Waals surface area contributed by atoms with E-state index in [-0.39, 0.29) is 18.0 Å². The van der Waals surface area contributed by atoms with E-state index >= 15 is 0 Å². The highest BCUT2D eigenvalue weighted by Gasteiger charge is 2.29. The molecule has 176 valence electrons. The normalized spacial score (nSPS) is 15.4. The Balaban J connectivity index is 1.32. The van der Waals surface area contributed by atoms with Gasteiger partial charge in [-0.05, 0) is 54.4 Å². The predicted octanol–water partition coefficient (Wildman–Crippen LogP) is 4.24. The van der Waals surface area contributed by atoms with Gasteiger partial charge in [0.15, 0.2) is 0 Å². The van der Waals surface area contributed by atoms with Gasteiger partial charge in [-0.3, -0.25) is 4.68 Å². The second kappa shape index (κ2) is 9.95. The lowest BCUT2D eigenvalue weighted by Gasteiger charge is -2.33. The Bertz CT molecular complexity index is 1340. The first-order valence-corrected chi connectivity index (χ1v) is 11.5. The molecule has 5 rings (SSSR count). The van der Waals surface area contributed by atoms with Crippen molar-refractivity contribution in [2.45, 2.75) is 18.6 Å². The Hall–Kier alpha value is -4.22. The van der Waals surface area contributed by atoms with Gasteiger partial charge in [-0.1, -0.05) is 24.3 Å². The lowest BCUT2D eigenvalue weighted by molar-refractivity contribution is 0.150. The molecule has 0 spiro atoms. The third-order valence-corrected chi connectivity index (χ3v) is 6.11. The number of hydrogen-bond donors (Lipinski definition) is 2. The minimum Gasteiger partial charge on any atom is -0.469 e. The highest BCUT2D eigenvalue weighted by molar-refractivity contribution is 5.69. The van der Waals surface area contributed by atoms with E-state index in [2.05, 4.69) is 26.8 Å². The molecule has 0 unspecified atom stereocenters. The maximum atomic E-state index is 13.6. The molecule has 7 nitrogen and oxygen atoms in total. The van der Waals surface area contributed by atoms with Gasteiger partial charge in [-0.25, -0.2) is 9.37 Å². The Morgan fingerprint density at radius 3 is 2.69 bits per heavy atom. The SMILES string of the molecule is Cn1cc(-c2cnc3c(c2)NC[C@@H]([C@H](NCCc2ccc(C#N)cc2)c2ccc(F)cc2)O3)cn1. The topological polar surface area (TPSA) is 87.8 Å². The van der Waals surface area contributed by atoms with Crippen LogP contribution in [0.5, 0.6) is 5.88 Å². The van der Waals surface area contributed by atoms with Crippen molar-refractivity contribution < 1.29 is 9.13 Å². The minimum atomic E-state index is -0.275. The molecule has 0 saturated carbocycles. The van der Waals surface area contributed by atoms with E-state index in [0.717, 1.165) is 34.4 Å². The van der Waals surface area contributed by atoms with Gasteiger partial charge in [0.1, 0.15) is 11.9 Å². The summed E-state index contributed by atoms with van der Waals surface area (Å²) in [5.74, 6) is 0.262. The Labute approximate surface area is 203 Å². The first-order valence-electron chi connectivity index (χ1n) is 11.5. The van der Waals surface area contributed by atoms with Crippen molar-refractivity contribution in [3.8, 4) is 23.1 Å². The number of ether oxygens (including phenoxy) is 1. The van der Waals surface area contributed by atoms with Crippen LogP contribution >= 0.6 is 0 Å². The Morgan fingerprint density at radius 1 is 1.17 bits per heavy atom. The van der Waals surface area contributed by atoms with Gasteiger partial charge in [-0.2, -0.15) is 10.4 Å². The lowest BCUT2D eigenvalue weighted by atomic mass is 9.99. The van der Waals surface area contributed by atoms with Crippen LogP contribution in [0.4, 0.5) is 10.1 Å². The van der Waals surface area contributed by atoms with Crippen molar-refractivity contribution >= 4 is 5.69 Å². The molecule has 2 N–H and O–H groups in total. The van der Waals surface area contributed by atoms with Gasteiger partial charge in [0.2, 0.25) is 5.88 Å². The molecule has 2 aromatic heterocycles. The molecule has 0 radical (unpaired) electrons. The summed E-state index contributed by atoms with van der Waals surface area (Å²) in [7, 11) is 1.88. The van der Waals surface area contributed by atoms with E-state index in [9.17, 15) is 4.39 Å². The molecule has 0 aliphatic carbocycles. The first kappa shape index (κ1) is 22.6. The van der Waals surface area contributed by atoms with Gasteiger partial charge in [0.05, 0.1) is 36.1 Å². The van der Waals surface area contributed by atoms with Crippen LogP contribution < -0.4 is 15.4 Å². The highest BCUT2D eigenvalue weighted by atomic mass is 19.1. The molecular formula is C27H25FN6O. The van der Waals surface area contributed by atoms with Crippen molar-refractivity contribution in [1.29, 1.82) is 5.26 Å². The number of nitrogens with zero attached hydrogens (tertiary/aromatic N) is 4.